The van der Waals surface area contributed by atoms with Crippen LogP contribution in [0.5, 0.6) is 0 Å². The fraction of sp³-hybridized carbons (Fsp3) is 0.412. The average molecular weight is 312 g/mol. The van der Waals surface area contributed by atoms with Crippen LogP contribution < -0.4 is 5.32 Å². The van der Waals surface area contributed by atoms with Gasteiger partial charge in [0.2, 0.25) is 5.91 Å². The summed E-state index contributed by atoms with van der Waals surface area (Å²) in [6.07, 6.45) is 8.53. The molecule has 1 atom stereocenters. The monoisotopic (exact) mass is 312 g/mol. The van der Waals surface area contributed by atoms with Crippen molar-refractivity contribution in [2.75, 3.05) is 13.7 Å². The highest BCUT2D eigenvalue weighted by Crippen LogP contribution is 2.29. The van der Waals surface area contributed by atoms with Crippen LogP contribution in [0.3, 0.4) is 0 Å². The summed E-state index contributed by atoms with van der Waals surface area (Å²) in [4.78, 5) is 25.2. The van der Waals surface area contributed by atoms with E-state index in [1.165, 1.54) is 0 Å². The third-order valence-electron chi connectivity index (χ3n) is 3.97. The van der Waals surface area contributed by atoms with E-state index in [2.05, 4.69) is 20.3 Å². The number of hydrogen-bond acceptors (Lipinski definition) is 5. The lowest BCUT2D eigenvalue weighted by atomic mass is 9.92. The first-order valence-corrected chi connectivity index (χ1v) is 7.82. The number of rotatable bonds is 5. The quantitative estimate of drug-likeness (QED) is 0.914. The van der Waals surface area contributed by atoms with Crippen LogP contribution in [0.4, 0.5) is 0 Å². The summed E-state index contributed by atoms with van der Waals surface area (Å²) >= 11 is 0. The van der Waals surface area contributed by atoms with Crippen LogP contribution in [0.2, 0.25) is 0 Å². The molecule has 23 heavy (non-hydrogen) atoms. The molecule has 3 rings (SSSR count). The first kappa shape index (κ1) is 15.6. The maximum atomic E-state index is 11.9. The van der Waals surface area contributed by atoms with E-state index in [4.69, 9.17) is 4.74 Å². The molecule has 1 N–H and O–H groups in total. The largest absolute Gasteiger partial charge is 0.384 e. The zero-order valence-electron chi connectivity index (χ0n) is 13.2. The van der Waals surface area contributed by atoms with E-state index in [9.17, 15) is 4.79 Å². The van der Waals surface area contributed by atoms with Gasteiger partial charge in [-0.2, -0.15) is 0 Å². The van der Waals surface area contributed by atoms with Gasteiger partial charge in [0.25, 0.3) is 0 Å². The molecule has 0 aromatic carbocycles. The van der Waals surface area contributed by atoms with Gasteiger partial charge >= 0.3 is 0 Å². The molecule has 2 aromatic rings. The molecule has 1 amide bonds. The van der Waals surface area contributed by atoms with Crippen molar-refractivity contribution < 1.29 is 9.53 Å². The van der Waals surface area contributed by atoms with Crippen molar-refractivity contribution in [1.29, 1.82) is 0 Å². The number of ether oxygens (including phenoxy) is 1. The smallest absolute Gasteiger partial charge is 0.222 e. The summed E-state index contributed by atoms with van der Waals surface area (Å²) in [5, 5.41) is 3.06. The summed E-state index contributed by atoms with van der Waals surface area (Å²) < 4.78 is 4.94. The molecule has 0 saturated carbocycles. The summed E-state index contributed by atoms with van der Waals surface area (Å²) in [7, 11) is 1.59. The number of hydrogen-bond donors (Lipinski definition) is 1. The maximum Gasteiger partial charge on any atom is 0.222 e. The number of nitrogens with one attached hydrogen (secondary N) is 1. The normalized spacial score (nSPS) is 16.7. The van der Waals surface area contributed by atoms with Gasteiger partial charge in [0.1, 0.15) is 0 Å². The second kappa shape index (κ2) is 7.28. The van der Waals surface area contributed by atoms with E-state index in [0.29, 0.717) is 18.9 Å². The first-order valence-electron chi connectivity index (χ1n) is 7.82. The Morgan fingerprint density at radius 3 is 3.13 bits per heavy atom. The minimum absolute atomic E-state index is 0.000959. The maximum absolute atomic E-state index is 11.9. The summed E-state index contributed by atoms with van der Waals surface area (Å²) in [6.45, 7) is 0.432. The molecule has 6 heteroatoms. The van der Waals surface area contributed by atoms with E-state index in [1.807, 2.05) is 18.3 Å². The van der Waals surface area contributed by atoms with Gasteiger partial charge in [0, 0.05) is 48.9 Å². The number of aromatic nitrogens is 3. The highest BCUT2D eigenvalue weighted by Gasteiger charge is 2.23. The van der Waals surface area contributed by atoms with Crippen LogP contribution in [-0.2, 0) is 16.0 Å². The number of carbonyl (C=O) groups is 1. The molecule has 0 bridgehead atoms. The van der Waals surface area contributed by atoms with Crippen LogP contribution in [0.1, 0.15) is 36.6 Å². The fourth-order valence-electron chi connectivity index (χ4n) is 2.79. The Bertz CT molecular complexity index is 676. The molecule has 2 aromatic heterocycles. The molecule has 0 aliphatic heterocycles. The van der Waals surface area contributed by atoms with E-state index < -0.39 is 0 Å². The molecule has 2 heterocycles. The van der Waals surface area contributed by atoms with Crippen LogP contribution in [0, 0.1) is 0 Å². The molecule has 1 unspecified atom stereocenters. The molecule has 1 aliphatic rings. The molecule has 0 radical (unpaired) electrons. The fourth-order valence-corrected chi connectivity index (χ4v) is 2.79. The third kappa shape index (κ3) is 3.71. The molecule has 0 saturated heterocycles. The van der Waals surface area contributed by atoms with Crippen LogP contribution in [-0.4, -0.2) is 34.6 Å². The van der Waals surface area contributed by atoms with Gasteiger partial charge in [-0.3, -0.25) is 9.78 Å². The number of aryl methyl sites for hydroxylation is 1. The second-order valence-electron chi connectivity index (χ2n) is 5.59. The van der Waals surface area contributed by atoms with Gasteiger partial charge in [0.15, 0.2) is 5.82 Å². The van der Waals surface area contributed by atoms with Gasteiger partial charge in [-0.05, 0) is 31.4 Å². The molecule has 6 nitrogen and oxygen atoms in total. The van der Waals surface area contributed by atoms with Crippen molar-refractivity contribution in [2.24, 2.45) is 0 Å². The predicted octanol–water partition coefficient (Wildman–Crippen LogP) is 2.07. The topological polar surface area (TPSA) is 77.0 Å². The van der Waals surface area contributed by atoms with Gasteiger partial charge in [-0.1, -0.05) is 0 Å². The predicted molar refractivity (Wildman–Crippen MR) is 85.6 cm³/mol. The van der Waals surface area contributed by atoms with Gasteiger partial charge < -0.3 is 10.1 Å². The third-order valence-corrected chi connectivity index (χ3v) is 3.97. The standard InChI is InChI=1S/C17H20N4O2/c1-23-9-7-16(22)20-14-5-2-6-15-13(14)11-19-17(21-15)12-4-3-8-18-10-12/h3-4,8,10-11,14H,2,5-7,9H2,1H3,(H,20,22). The molecule has 0 fully saturated rings. The van der Waals surface area contributed by atoms with Crippen molar-refractivity contribution in [3.63, 3.8) is 0 Å². The number of nitrogens with zero attached hydrogens (tertiary/aromatic N) is 3. The minimum Gasteiger partial charge on any atom is -0.384 e. The Kier molecular flexibility index (Phi) is 4.92. The molecular weight excluding hydrogens is 292 g/mol. The molecule has 120 valence electrons. The van der Waals surface area contributed by atoms with E-state index >= 15 is 0 Å². The number of fused-ring (bicyclic) bond motifs is 1. The molecular formula is C17H20N4O2. The lowest BCUT2D eigenvalue weighted by Crippen LogP contribution is -2.32. The Morgan fingerprint density at radius 1 is 1.43 bits per heavy atom. The summed E-state index contributed by atoms with van der Waals surface area (Å²) in [5.41, 5.74) is 2.94. The lowest BCUT2D eigenvalue weighted by molar-refractivity contribution is -0.122. The molecule has 0 spiro atoms. The average Bonchev–Trinajstić information content (AvgIpc) is 2.60. The second-order valence-corrected chi connectivity index (χ2v) is 5.59. The highest BCUT2D eigenvalue weighted by atomic mass is 16.5. The van der Waals surface area contributed by atoms with Crippen molar-refractivity contribution in [3.8, 4) is 11.4 Å². The lowest BCUT2D eigenvalue weighted by Gasteiger charge is -2.25. The SMILES string of the molecule is COCCC(=O)NC1CCCc2nc(-c3cccnc3)ncc21. The van der Waals surface area contributed by atoms with Crippen molar-refractivity contribution in [2.45, 2.75) is 31.7 Å². The Balaban J connectivity index is 1.79. The number of pyridine rings is 1. The Labute approximate surface area is 135 Å². The summed E-state index contributed by atoms with van der Waals surface area (Å²) in [6, 6.07) is 3.81. The van der Waals surface area contributed by atoms with E-state index in [-0.39, 0.29) is 11.9 Å². The summed E-state index contributed by atoms with van der Waals surface area (Å²) in [5.74, 6) is 0.684. The van der Waals surface area contributed by atoms with Crippen LogP contribution in [0.15, 0.2) is 30.7 Å². The number of methoxy groups -OCH3 is 1. The zero-order chi connectivity index (χ0) is 16.1. The molecule has 1 aliphatic carbocycles. The van der Waals surface area contributed by atoms with E-state index in [0.717, 1.165) is 36.1 Å². The van der Waals surface area contributed by atoms with Gasteiger partial charge in [0.05, 0.1) is 12.6 Å². The number of carbonyl (C=O) groups excluding carboxylic acids is 1. The van der Waals surface area contributed by atoms with E-state index in [1.54, 1.807) is 19.5 Å². The van der Waals surface area contributed by atoms with Crippen LogP contribution in [0.25, 0.3) is 11.4 Å². The van der Waals surface area contributed by atoms with Crippen molar-refractivity contribution >= 4 is 5.91 Å². The highest BCUT2D eigenvalue weighted by molar-refractivity contribution is 5.76. The van der Waals surface area contributed by atoms with Gasteiger partial charge in [-0.15, -0.1) is 0 Å². The number of amides is 1. The Hall–Kier alpha value is -2.34. The van der Waals surface area contributed by atoms with Crippen molar-refractivity contribution in [3.05, 3.63) is 42.0 Å². The van der Waals surface area contributed by atoms with Crippen LogP contribution >= 0.6 is 0 Å². The minimum atomic E-state index is -0.00828. The Morgan fingerprint density at radius 2 is 2.35 bits per heavy atom. The van der Waals surface area contributed by atoms with Crippen molar-refractivity contribution in [1.82, 2.24) is 20.3 Å². The van der Waals surface area contributed by atoms with Gasteiger partial charge in [-0.25, -0.2) is 9.97 Å². The first-order chi connectivity index (χ1) is 11.3. The zero-order valence-corrected chi connectivity index (χ0v) is 13.2.